The van der Waals surface area contributed by atoms with Crippen LogP contribution in [0, 0.1) is 23.2 Å². The van der Waals surface area contributed by atoms with E-state index in [0.717, 1.165) is 37.2 Å². The van der Waals surface area contributed by atoms with Gasteiger partial charge in [0, 0.05) is 36.6 Å². The first-order chi connectivity index (χ1) is 10.9. The van der Waals surface area contributed by atoms with Crippen molar-refractivity contribution >= 4 is 11.5 Å². The second kappa shape index (κ2) is 5.10. The average molecular weight is 314 g/mol. The highest BCUT2D eigenvalue weighted by atomic mass is 15.2. The van der Waals surface area contributed by atoms with Crippen molar-refractivity contribution in [3.8, 4) is 0 Å². The van der Waals surface area contributed by atoms with Gasteiger partial charge in [-0.15, -0.1) is 0 Å². The molecule has 0 aromatic carbocycles. The summed E-state index contributed by atoms with van der Waals surface area (Å²) < 4.78 is 0. The Morgan fingerprint density at radius 1 is 1.30 bits per heavy atom. The Morgan fingerprint density at radius 3 is 2.70 bits per heavy atom. The summed E-state index contributed by atoms with van der Waals surface area (Å²) in [6.07, 6.45) is 5.58. The molecule has 0 amide bonds. The van der Waals surface area contributed by atoms with Crippen LogP contribution >= 0.6 is 0 Å². The van der Waals surface area contributed by atoms with Crippen LogP contribution < -0.4 is 16.4 Å². The fraction of sp³-hybridized carbons (Fsp3) is 0.737. The quantitative estimate of drug-likeness (QED) is 0.880. The van der Waals surface area contributed by atoms with Gasteiger partial charge in [-0.2, -0.15) is 0 Å². The van der Waals surface area contributed by atoms with Crippen LogP contribution in [0.15, 0.2) is 12.3 Å². The van der Waals surface area contributed by atoms with Gasteiger partial charge in [0.1, 0.15) is 5.82 Å². The number of anilines is 2. The largest absolute Gasteiger partial charge is 0.383 e. The molecule has 4 heteroatoms. The summed E-state index contributed by atoms with van der Waals surface area (Å²) in [4.78, 5) is 6.86. The summed E-state index contributed by atoms with van der Waals surface area (Å²) >= 11 is 0. The van der Waals surface area contributed by atoms with Gasteiger partial charge in [-0.1, -0.05) is 20.8 Å². The molecule has 3 aliphatic carbocycles. The van der Waals surface area contributed by atoms with Gasteiger partial charge in [-0.05, 0) is 54.4 Å². The highest BCUT2D eigenvalue weighted by Crippen LogP contribution is 2.65. The van der Waals surface area contributed by atoms with E-state index in [1.807, 2.05) is 6.20 Å². The standard InChI is InChI=1S/C19H30N4/c1-11-14(8-12-9-15(11)19(12,2)3)17-16(4-6-22-18(17)21)23-7-5-13(20)10-23/h4,6,11-15H,5,7-10,20H2,1-3H3,(H2,21,22)/t11?,12-,13-,14?,15-/m0/s1. The van der Waals surface area contributed by atoms with Gasteiger partial charge < -0.3 is 16.4 Å². The van der Waals surface area contributed by atoms with Crippen LogP contribution in [-0.2, 0) is 0 Å². The van der Waals surface area contributed by atoms with E-state index in [-0.39, 0.29) is 6.04 Å². The van der Waals surface area contributed by atoms with Crippen molar-refractivity contribution in [3.63, 3.8) is 0 Å². The summed E-state index contributed by atoms with van der Waals surface area (Å²) in [7, 11) is 0. The van der Waals surface area contributed by atoms with Crippen LogP contribution in [0.4, 0.5) is 11.5 Å². The van der Waals surface area contributed by atoms with Crippen molar-refractivity contribution in [3.05, 3.63) is 17.8 Å². The normalized spacial score (nSPS) is 38.4. The highest BCUT2D eigenvalue weighted by molar-refractivity contribution is 5.64. The molecule has 1 aromatic heterocycles. The van der Waals surface area contributed by atoms with Crippen molar-refractivity contribution in [2.24, 2.45) is 28.9 Å². The number of aromatic nitrogens is 1. The molecule has 126 valence electrons. The van der Waals surface area contributed by atoms with E-state index in [4.69, 9.17) is 11.5 Å². The minimum Gasteiger partial charge on any atom is -0.383 e. The Balaban J connectivity index is 1.69. The summed E-state index contributed by atoms with van der Waals surface area (Å²) in [5.41, 5.74) is 15.6. The molecule has 4 fully saturated rings. The Labute approximate surface area is 139 Å². The number of nitrogens with zero attached hydrogens (tertiary/aromatic N) is 2. The third-order valence-electron chi connectivity index (χ3n) is 7.29. The lowest BCUT2D eigenvalue weighted by Gasteiger charge is -2.62. The maximum Gasteiger partial charge on any atom is 0.128 e. The second-order valence-corrected chi connectivity index (χ2v) is 8.69. The Morgan fingerprint density at radius 2 is 2.09 bits per heavy atom. The van der Waals surface area contributed by atoms with Crippen molar-refractivity contribution < 1.29 is 0 Å². The van der Waals surface area contributed by atoms with Gasteiger partial charge in [-0.25, -0.2) is 4.98 Å². The lowest BCUT2D eigenvalue weighted by atomic mass is 9.43. The van der Waals surface area contributed by atoms with E-state index in [1.165, 1.54) is 24.1 Å². The second-order valence-electron chi connectivity index (χ2n) is 8.69. The molecule has 4 aliphatic rings. The molecule has 0 radical (unpaired) electrons. The molecular weight excluding hydrogens is 284 g/mol. The Hall–Kier alpha value is -1.29. The highest BCUT2D eigenvalue weighted by Gasteiger charge is 2.57. The summed E-state index contributed by atoms with van der Waals surface area (Å²) in [5.74, 6) is 3.62. The van der Waals surface area contributed by atoms with Crippen LogP contribution in [0.25, 0.3) is 0 Å². The summed E-state index contributed by atoms with van der Waals surface area (Å²) in [5, 5.41) is 0. The molecule has 23 heavy (non-hydrogen) atoms. The first-order valence-corrected chi connectivity index (χ1v) is 9.14. The first kappa shape index (κ1) is 15.3. The van der Waals surface area contributed by atoms with E-state index < -0.39 is 0 Å². The van der Waals surface area contributed by atoms with E-state index in [9.17, 15) is 0 Å². The molecule has 4 N–H and O–H groups in total. The molecule has 5 atom stereocenters. The van der Waals surface area contributed by atoms with Gasteiger partial charge in [0.15, 0.2) is 0 Å². The molecule has 0 spiro atoms. The average Bonchev–Trinajstić information content (AvgIpc) is 2.93. The first-order valence-electron chi connectivity index (χ1n) is 9.14. The fourth-order valence-electron chi connectivity index (χ4n) is 5.67. The third kappa shape index (κ3) is 2.18. The van der Waals surface area contributed by atoms with E-state index in [1.54, 1.807) is 0 Å². The molecular formula is C19H30N4. The SMILES string of the molecule is CC1C(c2c(N3CC[C@H](N)C3)ccnc2N)C[C@H]2C[C@@H]1C2(C)C. The van der Waals surface area contributed by atoms with Gasteiger partial charge in [0.25, 0.3) is 0 Å². The zero-order valence-electron chi connectivity index (χ0n) is 14.6. The maximum absolute atomic E-state index is 6.38. The van der Waals surface area contributed by atoms with E-state index >= 15 is 0 Å². The van der Waals surface area contributed by atoms with Crippen molar-refractivity contribution in [1.82, 2.24) is 4.98 Å². The smallest absolute Gasteiger partial charge is 0.128 e. The molecule has 1 aromatic rings. The maximum atomic E-state index is 6.38. The van der Waals surface area contributed by atoms with Crippen LogP contribution in [0.2, 0.25) is 0 Å². The topological polar surface area (TPSA) is 68.2 Å². The molecule has 2 bridgehead atoms. The molecule has 2 unspecified atom stereocenters. The van der Waals surface area contributed by atoms with Gasteiger partial charge in [0.2, 0.25) is 0 Å². The summed E-state index contributed by atoms with van der Waals surface area (Å²) in [6.45, 7) is 9.31. The lowest BCUT2D eigenvalue weighted by Crippen LogP contribution is -2.54. The van der Waals surface area contributed by atoms with Gasteiger partial charge in [-0.3, -0.25) is 0 Å². The monoisotopic (exact) mass is 314 g/mol. The van der Waals surface area contributed by atoms with Gasteiger partial charge >= 0.3 is 0 Å². The van der Waals surface area contributed by atoms with Crippen LogP contribution in [-0.4, -0.2) is 24.1 Å². The number of nitrogens with two attached hydrogens (primary N) is 2. The number of hydrogen-bond donors (Lipinski definition) is 2. The molecule has 1 saturated heterocycles. The van der Waals surface area contributed by atoms with Crippen LogP contribution in [0.1, 0.15) is 51.5 Å². The molecule has 3 saturated carbocycles. The predicted octanol–water partition coefficient (Wildman–Crippen LogP) is 2.99. The minimum atomic E-state index is 0.286. The molecule has 5 rings (SSSR count). The zero-order chi connectivity index (χ0) is 16.4. The summed E-state index contributed by atoms with van der Waals surface area (Å²) in [6, 6.07) is 2.44. The number of nitrogen functional groups attached to an aromatic ring is 1. The van der Waals surface area contributed by atoms with Crippen molar-refractivity contribution in [2.45, 2.75) is 52.0 Å². The third-order valence-corrected chi connectivity index (χ3v) is 7.29. The van der Waals surface area contributed by atoms with Gasteiger partial charge in [0.05, 0.1) is 0 Å². The minimum absolute atomic E-state index is 0.286. The Bertz CT molecular complexity index is 611. The van der Waals surface area contributed by atoms with E-state index in [2.05, 4.69) is 36.7 Å². The van der Waals surface area contributed by atoms with Crippen LogP contribution in [0.3, 0.4) is 0 Å². The Kier molecular flexibility index (Phi) is 3.38. The van der Waals surface area contributed by atoms with Crippen LogP contribution in [0.5, 0.6) is 0 Å². The number of pyridine rings is 1. The molecule has 2 heterocycles. The van der Waals surface area contributed by atoms with Crippen molar-refractivity contribution in [1.29, 1.82) is 0 Å². The number of fused-ring (bicyclic) bond motifs is 2. The van der Waals surface area contributed by atoms with Crippen molar-refractivity contribution in [2.75, 3.05) is 23.7 Å². The van der Waals surface area contributed by atoms with E-state index in [0.29, 0.717) is 17.3 Å². The fourth-order valence-corrected chi connectivity index (χ4v) is 5.67. The number of rotatable bonds is 2. The number of hydrogen-bond acceptors (Lipinski definition) is 4. The predicted molar refractivity (Wildman–Crippen MR) is 95.4 cm³/mol. The lowest BCUT2D eigenvalue weighted by molar-refractivity contribution is -0.110. The molecule has 1 aliphatic heterocycles. The molecule has 4 nitrogen and oxygen atoms in total. The zero-order valence-corrected chi connectivity index (χ0v) is 14.6.